The second kappa shape index (κ2) is 5.46. The van der Waals surface area contributed by atoms with E-state index in [1.165, 1.54) is 24.6 Å². The highest BCUT2D eigenvalue weighted by Crippen LogP contribution is 2.24. The number of thiophene rings is 1. The van der Waals surface area contributed by atoms with Crippen LogP contribution in [0.4, 0.5) is 0 Å². The number of carboxylic acid groups (broad SMARTS) is 1. The van der Waals surface area contributed by atoms with Crippen molar-refractivity contribution in [2.75, 3.05) is 7.11 Å². The summed E-state index contributed by atoms with van der Waals surface area (Å²) in [6.07, 6.45) is 1.38. The van der Waals surface area contributed by atoms with E-state index in [-0.39, 0.29) is 5.56 Å². The molecule has 2 aromatic rings. The number of hydrogen-bond acceptors (Lipinski definition) is 5. The molecule has 0 aliphatic rings. The maximum atomic E-state index is 12.2. The minimum atomic E-state index is -1.21. The molecule has 0 spiro atoms. The van der Waals surface area contributed by atoms with Crippen molar-refractivity contribution < 1.29 is 14.7 Å². The number of rotatable bonds is 4. The third-order valence-corrected chi connectivity index (χ3v) is 4.18. The molecule has 0 bridgehead atoms. The molecule has 0 unspecified atom stereocenters. The van der Waals surface area contributed by atoms with Crippen LogP contribution in [-0.2, 0) is 11.4 Å². The Morgan fingerprint density at radius 2 is 2.25 bits per heavy atom. The fraction of sp³-hybridized carbons (Fsp3) is 0.308. The lowest BCUT2D eigenvalue weighted by Gasteiger charge is -2.05. The van der Waals surface area contributed by atoms with Gasteiger partial charge in [-0.2, -0.15) is 0 Å². The number of aromatic nitrogens is 1. The number of nitrogens with zero attached hydrogens (tertiary/aromatic N) is 2. The Morgan fingerprint density at radius 1 is 1.55 bits per heavy atom. The van der Waals surface area contributed by atoms with Crippen molar-refractivity contribution in [2.24, 2.45) is 5.16 Å². The molecule has 0 radical (unpaired) electrons. The van der Waals surface area contributed by atoms with E-state index in [0.717, 1.165) is 9.71 Å². The number of oxime groups is 1. The molecular weight excluding hydrogens is 280 g/mol. The van der Waals surface area contributed by atoms with Gasteiger partial charge in [0.2, 0.25) is 5.43 Å². The van der Waals surface area contributed by atoms with Crippen LogP contribution in [-0.4, -0.2) is 28.5 Å². The largest absolute Gasteiger partial charge is 0.477 e. The van der Waals surface area contributed by atoms with Gasteiger partial charge in [-0.1, -0.05) is 5.16 Å². The lowest BCUT2D eigenvalue weighted by Crippen LogP contribution is -2.17. The number of carboxylic acids is 1. The Hall–Kier alpha value is -2.15. The van der Waals surface area contributed by atoms with E-state index in [1.807, 2.05) is 6.92 Å². The summed E-state index contributed by atoms with van der Waals surface area (Å²) in [4.78, 5) is 29.5. The summed E-state index contributed by atoms with van der Waals surface area (Å²) in [5.74, 6) is -1.21. The maximum absolute atomic E-state index is 12.2. The van der Waals surface area contributed by atoms with Crippen molar-refractivity contribution in [3.8, 4) is 0 Å². The van der Waals surface area contributed by atoms with E-state index in [4.69, 9.17) is 9.94 Å². The SMILES string of the molecule is CCn1cc(C(=O)O)c(=O)c2cc(/C(C)=N/OC)sc21. The molecule has 20 heavy (non-hydrogen) atoms. The molecule has 0 fully saturated rings. The zero-order valence-electron chi connectivity index (χ0n) is 11.3. The third-order valence-electron chi connectivity index (χ3n) is 2.90. The predicted octanol–water partition coefficient (Wildman–Crippen LogP) is 2.15. The summed E-state index contributed by atoms with van der Waals surface area (Å²) < 4.78 is 1.76. The first kappa shape index (κ1) is 14.3. The van der Waals surface area contributed by atoms with Crippen molar-refractivity contribution in [2.45, 2.75) is 20.4 Å². The molecule has 6 nitrogen and oxygen atoms in total. The van der Waals surface area contributed by atoms with Crippen LogP contribution in [0.1, 0.15) is 29.1 Å². The third kappa shape index (κ3) is 2.32. The van der Waals surface area contributed by atoms with Crippen LogP contribution >= 0.6 is 11.3 Å². The van der Waals surface area contributed by atoms with E-state index in [9.17, 15) is 9.59 Å². The number of pyridine rings is 1. The Kier molecular flexibility index (Phi) is 3.89. The molecule has 2 aromatic heterocycles. The van der Waals surface area contributed by atoms with Crippen molar-refractivity contribution in [3.63, 3.8) is 0 Å². The van der Waals surface area contributed by atoms with Gasteiger partial charge in [0.25, 0.3) is 0 Å². The average molecular weight is 294 g/mol. The fourth-order valence-electron chi connectivity index (χ4n) is 1.92. The monoisotopic (exact) mass is 294 g/mol. The summed E-state index contributed by atoms with van der Waals surface area (Å²) in [5, 5.41) is 13.3. The number of fused-ring (bicyclic) bond motifs is 1. The highest BCUT2D eigenvalue weighted by Gasteiger charge is 2.17. The smallest absolute Gasteiger partial charge is 0.341 e. The molecule has 0 saturated heterocycles. The van der Waals surface area contributed by atoms with Gasteiger partial charge in [0, 0.05) is 12.7 Å². The summed E-state index contributed by atoms with van der Waals surface area (Å²) >= 11 is 1.39. The van der Waals surface area contributed by atoms with Gasteiger partial charge in [-0.3, -0.25) is 4.79 Å². The normalized spacial score (nSPS) is 11.8. The van der Waals surface area contributed by atoms with E-state index in [0.29, 0.717) is 17.6 Å². The Bertz CT molecular complexity index is 758. The lowest BCUT2D eigenvalue weighted by molar-refractivity contribution is 0.0695. The topological polar surface area (TPSA) is 80.9 Å². The second-order valence-electron chi connectivity index (χ2n) is 4.15. The van der Waals surface area contributed by atoms with Gasteiger partial charge in [-0.25, -0.2) is 4.79 Å². The molecule has 1 N–H and O–H groups in total. The van der Waals surface area contributed by atoms with E-state index < -0.39 is 11.4 Å². The average Bonchev–Trinajstić information content (AvgIpc) is 2.85. The van der Waals surface area contributed by atoms with E-state index >= 15 is 0 Å². The fourth-order valence-corrected chi connectivity index (χ4v) is 3.05. The van der Waals surface area contributed by atoms with Gasteiger partial charge >= 0.3 is 5.97 Å². The second-order valence-corrected chi connectivity index (χ2v) is 5.18. The molecule has 2 heterocycles. The van der Waals surface area contributed by atoms with Gasteiger partial charge < -0.3 is 14.5 Å². The number of hydrogen-bond donors (Lipinski definition) is 1. The highest BCUT2D eigenvalue weighted by molar-refractivity contribution is 7.20. The zero-order chi connectivity index (χ0) is 14.9. The zero-order valence-corrected chi connectivity index (χ0v) is 12.2. The standard InChI is InChI=1S/C13H14N2O4S/c1-4-15-6-9(13(17)18)11(16)8-5-10(20-12(8)15)7(2)14-19-3/h5-6H,4H2,1-3H3,(H,17,18)/b14-7+. The molecule has 7 heteroatoms. The van der Waals surface area contributed by atoms with Crippen LogP contribution < -0.4 is 5.43 Å². The molecular formula is C13H14N2O4S. The number of aromatic carboxylic acids is 1. The molecule has 2 rings (SSSR count). The highest BCUT2D eigenvalue weighted by atomic mass is 32.1. The van der Waals surface area contributed by atoms with Crippen molar-refractivity contribution in [3.05, 3.63) is 32.9 Å². The van der Waals surface area contributed by atoms with Gasteiger partial charge in [-0.15, -0.1) is 11.3 Å². The van der Waals surface area contributed by atoms with E-state index in [1.54, 1.807) is 17.6 Å². The number of carbonyl (C=O) groups is 1. The van der Waals surface area contributed by atoms with Crippen molar-refractivity contribution in [1.82, 2.24) is 4.57 Å². The predicted molar refractivity (Wildman–Crippen MR) is 77.9 cm³/mol. The Morgan fingerprint density at radius 3 is 2.80 bits per heavy atom. The molecule has 0 aromatic carbocycles. The van der Waals surface area contributed by atoms with Crippen LogP contribution in [0.5, 0.6) is 0 Å². The van der Waals surface area contributed by atoms with Crippen LogP contribution in [0.2, 0.25) is 0 Å². The van der Waals surface area contributed by atoms with E-state index in [2.05, 4.69) is 5.16 Å². The molecule has 0 aliphatic carbocycles. The maximum Gasteiger partial charge on any atom is 0.341 e. The lowest BCUT2D eigenvalue weighted by atomic mass is 10.2. The first-order valence-electron chi connectivity index (χ1n) is 5.98. The molecule has 0 saturated carbocycles. The van der Waals surface area contributed by atoms with Gasteiger partial charge in [0.1, 0.15) is 17.5 Å². The van der Waals surface area contributed by atoms with Crippen LogP contribution in [0.15, 0.2) is 22.2 Å². The Balaban J connectivity index is 2.79. The van der Waals surface area contributed by atoms with Crippen LogP contribution in [0.25, 0.3) is 10.2 Å². The first-order valence-corrected chi connectivity index (χ1v) is 6.79. The summed E-state index contributed by atoms with van der Waals surface area (Å²) in [6, 6.07) is 1.67. The first-order chi connectivity index (χ1) is 9.49. The van der Waals surface area contributed by atoms with Crippen LogP contribution in [0.3, 0.4) is 0 Å². The molecule has 0 atom stereocenters. The molecule has 106 valence electrons. The molecule has 0 aliphatic heterocycles. The van der Waals surface area contributed by atoms with Crippen molar-refractivity contribution in [1.29, 1.82) is 0 Å². The number of aryl methyl sites for hydroxylation is 1. The Labute approximate surface area is 118 Å². The summed E-state index contributed by atoms with van der Waals surface area (Å²) in [6.45, 7) is 4.25. The summed E-state index contributed by atoms with van der Waals surface area (Å²) in [7, 11) is 1.45. The minimum absolute atomic E-state index is 0.218. The summed E-state index contributed by atoms with van der Waals surface area (Å²) in [5.41, 5.74) is -0.0393. The minimum Gasteiger partial charge on any atom is -0.477 e. The van der Waals surface area contributed by atoms with Crippen LogP contribution in [0, 0.1) is 0 Å². The van der Waals surface area contributed by atoms with Gasteiger partial charge in [0.15, 0.2) is 0 Å². The van der Waals surface area contributed by atoms with Gasteiger partial charge in [0.05, 0.1) is 16.0 Å². The quantitative estimate of drug-likeness (QED) is 0.692. The molecule has 0 amide bonds. The van der Waals surface area contributed by atoms with Gasteiger partial charge in [-0.05, 0) is 19.9 Å². The van der Waals surface area contributed by atoms with Crippen molar-refractivity contribution >= 4 is 33.2 Å².